The molecule has 0 saturated heterocycles. The summed E-state index contributed by atoms with van der Waals surface area (Å²) in [6, 6.07) is 8.56. The molecule has 0 aliphatic heterocycles. The highest BCUT2D eigenvalue weighted by atomic mass is 32.1. The number of hydrogen-bond acceptors (Lipinski definition) is 7. The van der Waals surface area contributed by atoms with Gasteiger partial charge in [-0.1, -0.05) is 18.2 Å². The summed E-state index contributed by atoms with van der Waals surface area (Å²) >= 11 is 0.858. The number of anilines is 1. The van der Waals surface area contributed by atoms with E-state index in [1.54, 1.807) is 30.3 Å². The fraction of sp³-hybridized carbons (Fsp3) is 0.0909. The minimum atomic E-state index is -0.709. The summed E-state index contributed by atoms with van der Waals surface area (Å²) in [5.74, 6) is -0.374. The molecule has 2 aromatic rings. The van der Waals surface area contributed by atoms with Crippen molar-refractivity contribution in [3.05, 3.63) is 36.2 Å². The van der Waals surface area contributed by atoms with Crippen LogP contribution in [-0.2, 0) is 4.74 Å². The number of hydrogen-bond donors (Lipinski definition) is 1. The molecule has 0 radical (unpaired) electrons. The third kappa shape index (κ3) is 3.49. The lowest BCUT2D eigenvalue weighted by atomic mass is 10.3. The number of benzene rings is 1. The van der Waals surface area contributed by atoms with E-state index in [0.29, 0.717) is 5.75 Å². The molecule has 1 amide bonds. The molecule has 0 aliphatic rings. The standard InChI is InChI=1S/C11H9N3O4S/c1-17-9(15)8-12-10(19-14-8)13-11(16)18-7-5-3-2-4-6-7/h2-6H,1H3,(H,12,13,14,16). The maximum atomic E-state index is 11.5. The summed E-state index contributed by atoms with van der Waals surface area (Å²) in [7, 11) is 1.22. The van der Waals surface area contributed by atoms with Crippen molar-refractivity contribution in [3.63, 3.8) is 0 Å². The third-order valence-electron chi connectivity index (χ3n) is 1.96. The molecule has 8 heteroatoms. The first kappa shape index (κ1) is 13.0. The van der Waals surface area contributed by atoms with Crippen LogP contribution in [-0.4, -0.2) is 28.5 Å². The molecule has 0 atom stereocenters. The van der Waals surface area contributed by atoms with Crippen LogP contribution < -0.4 is 10.1 Å². The molecular formula is C11H9N3O4S. The number of carbonyl (C=O) groups is 2. The number of nitrogens with zero attached hydrogens (tertiary/aromatic N) is 2. The second-order valence-corrected chi connectivity index (χ2v) is 3.99. The molecule has 0 spiro atoms. The van der Waals surface area contributed by atoms with Crippen LogP contribution in [0.15, 0.2) is 30.3 Å². The van der Waals surface area contributed by atoms with E-state index in [1.165, 1.54) is 7.11 Å². The van der Waals surface area contributed by atoms with Gasteiger partial charge in [-0.15, -0.1) is 0 Å². The predicted octanol–water partition coefficient (Wildman–Crippen LogP) is 1.94. The van der Waals surface area contributed by atoms with Gasteiger partial charge in [-0.05, 0) is 12.1 Å². The van der Waals surface area contributed by atoms with Gasteiger partial charge in [-0.3, -0.25) is 5.32 Å². The van der Waals surface area contributed by atoms with Crippen molar-refractivity contribution < 1.29 is 19.1 Å². The Bertz CT molecular complexity index is 585. The van der Waals surface area contributed by atoms with E-state index in [4.69, 9.17) is 4.74 Å². The Morgan fingerprint density at radius 1 is 1.26 bits per heavy atom. The molecule has 1 N–H and O–H groups in total. The lowest BCUT2D eigenvalue weighted by Gasteiger charge is -2.02. The van der Waals surface area contributed by atoms with E-state index < -0.39 is 12.1 Å². The van der Waals surface area contributed by atoms with E-state index in [0.717, 1.165) is 11.5 Å². The Labute approximate surface area is 112 Å². The molecule has 0 unspecified atom stereocenters. The Balaban J connectivity index is 1.96. The summed E-state index contributed by atoms with van der Waals surface area (Å²) in [6.45, 7) is 0. The fourth-order valence-corrected chi connectivity index (χ4v) is 1.70. The van der Waals surface area contributed by atoms with Gasteiger partial charge >= 0.3 is 12.1 Å². The summed E-state index contributed by atoms with van der Waals surface area (Å²) in [6.07, 6.45) is -0.709. The average Bonchev–Trinajstić information content (AvgIpc) is 2.87. The lowest BCUT2D eigenvalue weighted by molar-refractivity contribution is 0.0588. The summed E-state index contributed by atoms with van der Waals surface area (Å²) in [4.78, 5) is 26.4. The second-order valence-electron chi connectivity index (χ2n) is 3.24. The number of aromatic nitrogens is 2. The number of nitrogens with one attached hydrogen (secondary N) is 1. The van der Waals surface area contributed by atoms with Crippen molar-refractivity contribution >= 4 is 28.7 Å². The number of methoxy groups -OCH3 is 1. The van der Waals surface area contributed by atoms with E-state index in [1.807, 2.05) is 0 Å². The second kappa shape index (κ2) is 5.91. The predicted molar refractivity (Wildman–Crippen MR) is 67.3 cm³/mol. The van der Waals surface area contributed by atoms with Crippen LogP contribution in [0.25, 0.3) is 0 Å². The van der Waals surface area contributed by atoms with Crippen LogP contribution in [0, 0.1) is 0 Å². The highest BCUT2D eigenvalue weighted by Crippen LogP contribution is 2.14. The van der Waals surface area contributed by atoms with E-state index >= 15 is 0 Å². The molecule has 0 saturated carbocycles. The topological polar surface area (TPSA) is 90.4 Å². The molecule has 98 valence electrons. The Morgan fingerprint density at radius 2 is 2.00 bits per heavy atom. The maximum Gasteiger partial charge on any atom is 0.418 e. The first-order chi connectivity index (χ1) is 9.19. The number of para-hydroxylation sites is 1. The molecule has 1 aromatic heterocycles. The van der Waals surface area contributed by atoms with E-state index in [-0.39, 0.29) is 11.0 Å². The van der Waals surface area contributed by atoms with Gasteiger partial charge < -0.3 is 9.47 Å². The summed E-state index contributed by atoms with van der Waals surface area (Å²) in [5, 5.41) is 2.52. The van der Waals surface area contributed by atoms with E-state index in [2.05, 4.69) is 19.4 Å². The third-order valence-corrected chi connectivity index (χ3v) is 2.59. The van der Waals surface area contributed by atoms with Crippen LogP contribution >= 0.6 is 11.5 Å². The molecule has 1 aromatic carbocycles. The number of ether oxygens (including phenoxy) is 2. The van der Waals surface area contributed by atoms with Gasteiger partial charge in [0.25, 0.3) is 5.82 Å². The first-order valence-corrected chi connectivity index (χ1v) is 5.92. The smallest absolute Gasteiger partial charge is 0.418 e. The Morgan fingerprint density at radius 3 is 2.68 bits per heavy atom. The van der Waals surface area contributed by atoms with Gasteiger partial charge in [0.1, 0.15) is 5.75 Å². The van der Waals surface area contributed by atoms with Gasteiger partial charge in [-0.25, -0.2) is 9.59 Å². The van der Waals surface area contributed by atoms with Gasteiger partial charge in [-0.2, -0.15) is 9.36 Å². The van der Waals surface area contributed by atoms with Crippen molar-refractivity contribution in [2.24, 2.45) is 0 Å². The van der Waals surface area contributed by atoms with Crippen molar-refractivity contribution in [1.29, 1.82) is 0 Å². The molecule has 2 rings (SSSR count). The Hall–Kier alpha value is -2.48. The molecular weight excluding hydrogens is 270 g/mol. The lowest BCUT2D eigenvalue weighted by Crippen LogP contribution is -2.16. The minimum absolute atomic E-state index is 0.109. The summed E-state index contributed by atoms with van der Waals surface area (Å²) in [5.41, 5.74) is 0. The van der Waals surface area contributed by atoms with Crippen LogP contribution in [0.3, 0.4) is 0 Å². The number of amides is 1. The quantitative estimate of drug-likeness (QED) is 0.863. The molecule has 0 fully saturated rings. The molecule has 7 nitrogen and oxygen atoms in total. The SMILES string of the molecule is COC(=O)c1nsc(NC(=O)Oc2ccccc2)n1. The van der Waals surface area contributed by atoms with Crippen LogP contribution in [0.2, 0.25) is 0 Å². The monoisotopic (exact) mass is 279 g/mol. The number of rotatable bonds is 3. The van der Waals surface area contributed by atoms with Crippen molar-refractivity contribution in [2.45, 2.75) is 0 Å². The van der Waals surface area contributed by atoms with Gasteiger partial charge in [0.05, 0.1) is 7.11 Å². The highest BCUT2D eigenvalue weighted by Gasteiger charge is 2.15. The largest absolute Gasteiger partial charge is 0.463 e. The van der Waals surface area contributed by atoms with Crippen LogP contribution in [0.4, 0.5) is 9.93 Å². The average molecular weight is 279 g/mol. The van der Waals surface area contributed by atoms with Gasteiger partial charge in [0, 0.05) is 11.5 Å². The zero-order chi connectivity index (χ0) is 13.7. The van der Waals surface area contributed by atoms with Crippen molar-refractivity contribution in [1.82, 2.24) is 9.36 Å². The van der Waals surface area contributed by atoms with Crippen LogP contribution in [0.1, 0.15) is 10.6 Å². The molecule has 19 heavy (non-hydrogen) atoms. The van der Waals surface area contributed by atoms with Gasteiger partial charge in [0.2, 0.25) is 5.13 Å². The van der Waals surface area contributed by atoms with Crippen molar-refractivity contribution in [3.8, 4) is 5.75 Å². The van der Waals surface area contributed by atoms with Crippen LogP contribution in [0.5, 0.6) is 5.75 Å². The number of esters is 1. The zero-order valence-electron chi connectivity index (χ0n) is 9.82. The van der Waals surface area contributed by atoms with Gasteiger partial charge in [0.15, 0.2) is 0 Å². The van der Waals surface area contributed by atoms with E-state index in [9.17, 15) is 9.59 Å². The summed E-state index contributed by atoms with van der Waals surface area (Å²) < 4.78 is 13.2. The minimum Gasteiger partial charge on any atom is -0.463 e. The Kier molecular flexibility index (Phi) is 4.04. The van der Waals surface area contributed by atoms with Crippen molar-refractivity contribution in [2.75, 3.05) is 12.4 Å². The zero-order valence-corrected chi connectivity index (χ0v) is 10.6. The molecule has 0 aliphatic carbocycles. The molecule has 1 heterocycles. The maximum absolute atomic E-state index is 11.5. The number of carbonyl (C=O) groups excluding carboxylic acids is 2. The molecule has 0 bridgehead atoms. The highest BCUT2D eigenvalue weighted by molar-refractivity contribution is 7.10. The fourth-order valence-electron chi connectivity index (χ4n) is 1.16. The first-order valence-electron chi connectivity index (χ1n) is 5.15. The normalized spacial score (nSPS) is 9.74.